The van der Waals surface area contributed by atoms with Gasteiger partial charge in [-0.2, -0.15) is 0 Å². The number of nitrogens with zero attached hydrogens (tertiary/aromatic N) is 1. The number of ether oxygens (including phenoxy) is 1. The molecule has 1 N–H and O–H groups in total. The highest BCUT2D eigenvalue weighted by molar-refractivity contribution is 5.97. The molecule has 1 fully saturated rings. The molecule has 30 heavy (non-hydrogen) atoms. The van der Waals surface area contributed by atoms with E-state index < -0.39 is 0 Å². The highest BCUT2D eigenvalue weighted by atomic mass is 16.5. The average Bonchev–Trinajstić information content (AvgIpc) is 3.60. The molecule has 1 heterocycles. The van der Waals surface area contributed by atoms with Crippen molar-refractivity contribution < 1.29 is 9.53 Å². The summed E-state index contributed by atoms with van der Waals surface area (Å²) in [5.41, 5.74) is 3.16. The molecule has 148 valence electrons. The Kier molecular flexibility index (Phi) is 4.89. The van der Waals surface area contributed by atoms with Crippen molar-refractivity contribution >= 4 is 22.4 Å². The summed E-state index contributed by atoms with van der Waals surface area (Å²) in [6, 6.07) is 26.1. The van der Waals surface area contributed by atoms with Crippen molar-refractivity contribution in [1.82, 2.24) is 4.98 Å². The summed E-state index contributed by atoms with van der Waals surface area (Å²) in [5, 5.41) is 5.20. The Bertz CT molecular complexity index is 1170. The normalized spacial score (nSPS) is 17.5. The minimum Gasteiger partial charge on any atom is -0.489 e. The third kappa shape index (κ3) is 4.03. The van der Waals surface area contributed by atoms with Crippen LogP contribution in [0, 0.1) is 5.92 Å². The van der Waals surface area contributed by atoms with Gasteiger partial charge in [-0.3, -0.25) is 9.78 Å². The van der Waals surface area contributed by atoms with Gasteiger partial charge in [0, 0.05) is 29.4 Å². The first-order valence-electron chi connectivity index (χ1n) is 10.2. The first-order valence-corrected chi connectivity index (χ1v) is 10.2. The molecule has 1 saturated carbocycles. The van der Waals surface area contributed by atoms with Crippen LogP contribution in [0.4, 0.5) is 5.69 Å². The van der Waals surface area contributed by atoms with E-state index in [1.54, 1.807) is 6.20 Å². The lowest BCUT2D eigenvalue weighted by Crippen LogP contribution is -2.14. The summed E-state index contributed by atoms with van der Waals surface area (Å²) in [6.07, 6.45) is 4.47. The highest BCUT2D eigenvalue weighted by Crippen LogP contribution is 2.48. The van der Waals surface area contributed by atoms with Gasteiger partial charge in [0.2, 0.25) is 5.91 Å². The van der Waals surface area contributed by atoms with E-state index in [9.17, 15) is 4.79 Å². The van der Waals surface area contributed by atoms with Crippen molar-refractivity contribution in [2.45, 2.75) is 18.9 Å². The Hall–Kier alpha value is -3.66. The SMILES string of the molecule is O=C(Nc1ccc2cnccc2c1)[C@@H]1C[C@H]1c1ccc(OCc2ccccc2)cc1. The highest BCUT2D eigenvalue weighted by Gasteiger charge is 2.43. The molecule has 0 saturated heterocycles. The van der Waals surface area contributed by atoms with Gasteiger partial charge in [0.1, 0.15) is 12.4 Å². The molecule has 4 nitrogen and oxygen atoms in total. The third-order valence-electron chi connectivity index (χ3n) is 5.59. The lowest BCUT2D eigenvalue weighted by atomic mass is 10.1. The van der Waals surface area contributed by atoms with Crippen molar-refractivity contribution in [3.63, 3.8) is 0 Å². The molecule has 4 heteroatoms. The second kappa shape index (κ2) is 7.99. The topological polar surface area (TPSA) is 51.2 Å². The predicted octanol–water partition coefficient (Wildman–Crippen LogP) is 5.56. The lowest BCUT2D eigenvalue weighted by molar-refractivity contribution is -0.117. The van der Waals surface area contributed by atoms with Crippen LogP contribution in [0.25, 0.3) is 10.8 Å². The molecule has 1 aliphatic rings. The summed E-state index contributed by atoms with van der Waals surface area (Å²) in [7, 11) is 0. The van der Waals surface area contributed by atoms with Crippen LogP contribution in [0.2, 0.25) is 0 Å². The molecule has 0 radical (unpaired) electrons. The number of rotatable bonds is 6. The van der Waals surface area contributed by atoms with Crippen LogP contribution in [-0.4, -0.2) is 10.9 Å². The second-order valence-corrected chi connectivity index (χ2v) is 7.72. The van der Waals surface area contributed by atoms with Crippen molar-refractivity contribution in [3.05, 3.63) is 102 Å². The number of fused-ring (bicyclic) bond motifs is 1. The van der Waals surface area contributed by atoms with E-state index in [4.69, 9.17) is 4.74 Å². The van der Waals surface area contributed by atoms with Gasteiger partial charge in [-0.25, -0.2) is 0 Å². The van der Waals surface area contributed by atoms with Crippen molar-refractivity contribution in [2.24, 2.45) is 5.92 Å². The smallest absolute Gasteiger partial charge is 0.228 e. The zero-order chi connectivity index (χ0) is 20.3. The fraction of sp³-hybridized carbons (Fsp3) is 0.154. The van der Waals surface area contributed by atoms with E-state index in [0.717, 1.165) is 34.2 Å². The molecule has 0 aliphatic heterocycles. The van der Waals surface area contributed by atoms with Crippen LogP contribution in [0.5, 0.6) is 5.75 Å². The van der Waals surface area contributed by atoms with Gasteiger partial charge in [0.05, 0.1) is 0 Å². The van der Waals surface area contributed by atoms with Gasteiger partial charge in [-0.1, -0.05) is 48.5 Å². The molecule has 0 unspecified atom stereocenters. The molecule has 3 aromatic carbocycles. The van der Waals surface area contributed by atoms with Gasteiger partial charge < -0.3 is 10.1 Å². The second-order valence-electron chi connectivity index (χ2n) is 7.72. The molecule has 1 aromatic heterocycles. The van der Waals surface area contributed by atoms with Crippen LogP contribution >= 0.6 is 0 Å². The Morgan fingerprint density at radius 3 is 2.63 bits per heavy atom. The van der Waals surface area contributed by atoms with Crippen LogP contribution in [0.3, 0.4) is 0 Å². The number of nitrogens with one attached hydrogen (secondary N) is 1. The predicted molar refractivity (Wildman–Crippen MR) is 118 cm³/mol. The minimum atomic E-state index is 0.0224. The number of carbonyl (C=O) groups is 1. The van der Waals surface area contributed by atoms with Crippen LogP contribution < -0.4 is 10.1 Å². The molecule has 0 spiro atoms. The largest absolute Gasteiger partial charge is 0.489 e. The van der Waals surface area contributed by atoms with Crippen molar-refractivity contribution in [2.75, 3.05) is 5.32 Å². The van der Waals surface area contributed by atoms with Gasteiger partial charge >= 0.3 is 0 Å². The van der Waals surface area contributed by atoms with Gasteiger partial charge in [-0.15, -0.1) is 0 Å². The van der Waals surface area contributed by atoms with Crippen LogP contribution in [0.1, 0.15) is 23.5 Å². The Morgan fingerprint density at radius 1 is 0.967 bits per heavy atom. The van der Waals surface area contributed by atoms with E-state index in [1.807, 2.05) is 72.9 Å². The molecule has 1 aliphatic carbocycles. The van der Waals surface area contributed by atoms with Gasteiger partial charge in [-0.05, 0) is 59.2 Å². The quantitative estimate of drug-likeness (QED) is 0.466. The summed E-state index contributed by atoms with van der Waals surface area (Å²) in [5.74, 6) is 1.22. The number of carbonyl (C=O) groups excluding carboxylic acids is 1. The van der Waals surface area contributed by atoms with E-state index in [0.29, 0.717) is 6.61 Å². The van der Waals surface area contributed by atoms with Crippen LogP contribution in [-0.2, 0) is 11.4 Å². The first-order chi connectivity index (χ1) is 14.8. The Morgan fingerprint density at radius 2 is 1.80 bits per heavy atom. The van der Waals surface area contributed by atoms with Gasteiger partial charge in [0.15, 0.2) is 0 Å². The molecule has 2 atom stereocenters. The van der Waals surface area contributed by atoms with Crippen molar-refractivity contribution in [1.29, 1.82) is 0 Å². The standard InChI is InChI=1S/C26H22N2O2/c29-26(28-22-9-6-21-16-27-13-12-20(21)14-22)25-15-24(25)19-7-10-23(11-8-19)30-17-18-4-2-1-3-5-18/h1-14,16,24-25H,15,17H2,(H,28,29)/t24-,25+/m0/s1. The van der Waals surface area contributed by atoms with E-state index in [2.05, 4.69) is 22.4 Å². The fourth-order valence-electron chi connectivity index (χ4n) is 3.80. The Balaban J connectivity index is 1.18. The number of pyridine rings is 1. The number of benzene rings is 3. The fourth-order valence-corrected chi connectivity index (χ4v) is 3.80. The number of amides is 1. The summed E-state index contributed by atoms with van der Waals surface area (Å²) < 4.78 is 5.85. The number of hydrogen-bond acceptors (Lipinski definition) is 3. The summed E-state index contributed by atoms with van der Waals surface area (Å²) in [4.78, 5) is 16.8. The summed E-state index contributed by atoms with van der Waals surface area (Å²) in [6.45, 7) is 0.552. The molecule has 5 rings (SSSR count). The van der Waals surface area contributed by atoms with Gasteiger partial charge in [0.25, 0.3) is 0 Å². The van der Waals surface area contributed by atoms with E-state index in [-0.39, 0.29) is 17.7 Å². The maximum absolute atomic E-state index is 12.7. The number of aromatic nitrogens is 1. The maximum Gasteiger partial charge on any atom is 0.228 e. The zero-order valence-corrected chi connectivity index (χ0v) is 16.5. The zero-order valence-electron chi connectivity index (χ0n) is 16.5. The molecular weight excluding hydrogens is 372 g/mol. The van der Waals surface area contributed by atoms with E-state index >= 15 is 0 Å². The lowest BCUT2D eigenvalue weighted by Gasteiger charge is -2.08. The molecule has 1 amide bonds. The molecule has 0 bridgehead atoms. The van der Waals surface area contributed by atoms with Crippen LogP contribution in [0.15, 0.2) is 91.3 Å². The maximum atomic E-state index is 12.7. The number of anilines is 1. The molecular formula is C26H22N2O2. The van der Waals surface area contributed by atoms with E-state index in [1.165, 1.54) is 5.56 Å². The first kappa shape index (κ1) is 18.4. The van der Waals surface area contributed by atoms with Crippen molar-refractivity contribution in [3.8, 4) is 5.75 Å². The Labute approximate surface area is 175 Å². The monoisotopic (exact) mass is 394 g/mol. The third-order valence-corrected chi connectivity index (χ3v) is 5.59. The minimum absolute atomic E-state index is 0.0224. The number of hydrogen-bond donors (Lipinski definition) is 1. The molecule has 4 aromatic rings. The summed E-state index contributed by atoms with van der Waals surface area (Å²) >= 11 is 0. The average molecular weight is 394 g/mol.